The molecule has 4 N–H and O–H groups in total. The van der Waals surface area contributed by atoms with E-state index in [4.69, 9.17) is 18.9 Å². The summed E-state index contributed by atoms with van der Waals surface area (Å²) in [7, 11) is 3.03. The second kappa shape index (κ2) is 19.8. The number of rotatable bonds is 5. The quantitative estimate of drug-likeness (QED) is 0.180. The van der Waals surface area contributed by atoms with E-state index in [1.165, 1.54) is 7.11 Å². The fourth-order valence-electron chi connectivity index (χ4n) is 9.17. The Bertz CT molecular complexity index is 1410. The van der Waals surface area contributed by atoms with Crippen LogP contribution in [0.5, 0.6) is 0 Å². The molecule has 4 aliphatic rings. The van der Waals surface area contributed by atoms with E-state index < -0.39 is 83.9 Å². The standard InChI is InChI=1S/C42H67NO12/c1-9-29-17-23(2)16-24(3)18-35(53-8)37(47)36-20-26(5)42(51,55-36)39(48)40(49)43-15-11-10-12-30(43)41(50)54-38(27(6)32(45)22-33(29)46)25(4)19-28-13-14-31(44)34(21-28)52-7/h17,19,24,26-32,34-38,44-45,47,51H,9-16,18,20-22H2,1-8H3/b23-17+,25-19+/t24-,26+,27+,28-,29+,30-,31+,32-,34+,35-,36-,37+,38+,42+/m0/s1. The lowest BCUT2D eigenvalue weighted by molar-refractivity contribution is -0.225. The molecule has 14 atom stereocenters. The molecular formula is C42H67NO12. The largest absolute Gasteiger partial charge is 0.456 e. The van der Waals surface area contributed by atoms with Gasteiger partial charge in [0.15, 0.2) is 0 Å². The SMILES string of the molecule is CC[C@@H]1/C=C(\C)C[C@H](C)C[C@H](OC)[C@@H](O)[C@@H]2C[C@@H](C)[C@@](O)(O2)C(=O)C(=O)N2CCCC[C@H]2C(=O)O[C@H](/C(C)=C/[C@@H]2CC[C@@H](O)[C@H](OC)C2)[C@H](C)[C@@H](O)CC1=O. The van der Waals surface area contributed by atoms with Crippen molar-refractivity contribution < 1.29 is 58.6 Å². The molecule has 0 aromatic rings. The molecule has 3 aliphatic heterocycles. The number of allylic oxidation sites excluding steroid dienone is 3. The van der Waals surface area contributed by atoms with Crippen LogP contribution in [0.3, 0.4) is 0 Å². The van der Waals surface area contributed by atoms with Crippen LogP contribution in [0.2, 0.25) is 0 Å². The van der Waals surface area contributed by atoms with Crippen molar-refractivity contribution in [3.05, 3.63) is 23.3 Å². The topological polar surface area (TPSA) is 189 Å². The molecule has 3 fully saturated rings. The lowest BCUT2D eigenvalue weighted by Gasteiger charge is -2.38. The van der Waals surface area contributed by atoms with Crippen molar-refractivity contribution in [2.75, 3.05) is 20.8 Å². The summed E-state index contributed by atoms with van der Waals surface area (Å²) in [6, 6.07) is -1.15. The summed E-state index contributed by atoms with van der Waals surface area (Å²) < 4.78 is 23.3. The Morgan fingerprint density at radius 2 is 1.64 bits per heavy atom. The zero-order valence-electron chi connectivity index (χ0n) is 34.1. The van der Waals surface area contributed by atoms with Crippen LogP contribution in [-0.4, -0.2) is 124 Å². The van der Waals surface area contributed by atoms with Crippen LogP contribution in [0.1, 0.15) is 112 Å². The van der Waals surface area contributed by atoms with Gasteiger partial charge in [0.2, 0.25) is 5.79 Å². The monoisotopic (exact) mass is 777 g/mol. The van der Waals surface area contributed by atoms with Gasteiger partial charge < -0.3 is 44.3 Å². The average Bonchev–Trinajstić information content (AvgIpc) is 3.47. The van der Waals surface area contributed by atoms with E-state index in [2.05, 4.69) is 0 Å². The maximum atomic E-state index is 14.2. The third-order valence-corrected chi connectivity index (χ3v) is 12.6. The molecule has 312 valence electrons. The highest BCUT2D eigenvalue weighted by Crippen LogP contribution is 2.39. The predicted octanol–water partition coefficient (Wildman–Crippen LogP) is 3.82. The number of ketones is 2. The number of methoxy groups -OCH3 is 2. The summed E-state index contributed by atoms with van der Waals surface area (Å²) in [6.07, 6.45) is 2.46. The predicted molar refractivity (Wildman–Crippen MR) is 203 cm³/mol. The lowest BCUT2D eigenvalue weighted by atomic mass is 9.81. The van der Waals surface area contributed by atoms with Gasteiger partial charge >= 0.3 is 5.97 Å². The molecule has 1 amide bonds. The van der Waals surface area contributed by atoms with Crippen LogP contribution < -0.4 is 0 Å². The Kier molecular flexibility index (Phi) is 16.2. The molecule has 3 heterocycles. The second-order valence-electron chi connectivity index (χ2n) is 16.9. The number of hydrogen-bond acceptors (Lipinski definition) is 12. The van der Waals surface area contributed by atoms with Gasteiger partial charge in [-0.2, -0.15) is 0 Å². The number of Topliss-reactive ketones (excluding diaryl/α,β-unsaturated/α-hetero) is 2. The molecule has 13 heteroatoms. The van der Waals surface area contributed by atoms with Crippen molar-refractivity contribution in [1.82, 2.24) is 4.90 Å². The first-order valence-corrected chi connectivity index (χ1v) is 20.4. The molecule has 0 spiro atoms. The fraction of sp³-hybridized carbons (Fsp3) is 0.810. The summed E-state index contributed by atoms with van der Waals surface area (Å²) in [5.41, 5.74) is 1.63. The fourth-order valence-corrected chi connectivity index (χ4v) is 9.17. The highest BCUT2D eigenvalue weighted by atomic mass is 16.7. The Morgan fingerprint density at radius 1 is 0.945 bits per heavy atom. The Labute approximate surface area is 326 Å². The average molecular weight is 778 g/mol. The van der Waals surface area contributed by atoms with Crippen molar-refractivity contribution >= 4 is 23.4 Å². The molecular weight excluding hydrogens is 710 g/mol. The number of hydrogen-bond donors (Lipinski definition) is 4. The summed E-state index contributed by atoms with van der Waals surface area (Å²) in [6.45, 7) is 11.1. The maximum absolute atomic E-state index is 14.2. The van der Waals surface area contributed by atoms with Gasteiger partial charge in [-0.3, -0.25) is 14.4 Å². The number of carbonyl (C=O) groups excluding carboxylic acids is 4. The number of nitrogens with zero attached hydrogens (tertiary/aromatic N) is 1. The molecule has 0 unspecified atom stereocenters. The van der Waals surface area contributed by atoms with E-state index >= 15 is 0 Å². The van der Waals surface area contributed by atoms with Crippen molar-refractivity contribution in [3.63, 3.8) is 0 Å². The molecule has 55 heavy (non-hydrogen) atoms. The minimum atomic E-state index is -2.52. The molecule has 0 aromatic carbocycles. The van der Waals surface area contributed by atoms with E-state index in [-0.39, 0.29) is 49.5 Å². The first-order valence-electron chi connectivity index (χ1n) is 20.4. The Balaban J connectivity index is 1.73. The highest BCUT2D eigenvalue weighted by Gasteiger charge is 2.57. The van der Waals surface area contributed by atoms with Gasteiger partial charge in [-0.05, 0) is 95.5 Å². The summed E-state index contributed by atoms with van der Waals surface area (Å²) in [5, 5.41) is 45.1. The number of fused-ring (bicyclic) bond motifs is 3. The summed E-state index contributed by atoms with van der Waals surface area (Å²) in [4.78, 5) is 56.9. The number of ether oxygens (including phenoxy) is 4. The normalized spacial score (nSPS) is 42.1. The molecule has 13 nitrogen and oxygen atoms in total. The van der Waals surface area contributed by atoms with Crippen LogP contribution in [0, 0.1) is 29.6 Å². The Hall–Kier alpha value is -2.52. The van der Waals surface area contributed by atoms with Crippen molar-refractivity contribution in [2.45, 2.75) is 167 Å². The van der Waals surface area contributed by atoms with Crippen molar-refractivity contribution in [1.29, 1.82) is 0 Å². The number of aliphatic hydroxyl groups is 4. The minimum Gasteiger partial charge on any atom is -0.456 e. The van der Waals surface area contributed by atoms with E-state index in [0.29, 0.717) is 56.9 Å². The number of carbonyl (C=O) groups is 4. The van der Waals surface area contributed by atoms with Crippen LogP contribution >= 0.6 is 0 Å². The van der Waals surface area contributed by atoms with E-state index in [1.807, 2.05) is 39.8 Å². The van der Waals surface area contributed by atoms with Gasteiger partial charge in [0, 0.05) is 44.9 Å². The number of aliphatic hydroxyl groups excluding tert-OH is 3. The third kappa shape index (κ3) is 10.7. The van der Waals surface area contributed by atoms with Gasteiger partial charge in [-0.15, -0.1) is 0 Å². The van der Waals surface area contributed by atoms with Gasteiger partial charge in [-0.1, -0.05) is 45.4 Å². The van der Waals surface area contributed by atoms with Crippen molar-refractivity contribution in [3.8, 4) is 0 Å². The van der Waals surface area contributed by atoms with Crippen LogP contribution in [-0.2, 0) is 38.1 Å². The van der Waals surface area contributed by atoms with Gasteiger partial charge in [0.05, 0.1) is 30.5 Å². The molecule has 2 bridgehead atoms. The summed E-state index contributed by atoms with van der Waals surface area (Å²) >= 11 is 0. The van der Waals surface area contributed by atoms with Gasteiger partial charge in [0.1, 0.15) is 24.0 Å². The second-order valence-corrected chi connectivity index (χ2v) is 16.9. The zero-order valence-corrected chi connectivity index (χ0v) is 34.1. The van der Waals surface area contributed by atoms with Crippen LogP contribution in [0.4, 0.5) is 0 Å². The smallest absolute Gasteiger partial charge is 0.329 e. The molecule has 0 aromatic heterocycles. The maximum Gasteiger partial charge on any atom is 0.329 e. The highest BCUT2D eigenvalue weighted by molar-refractivity contribution is 6.39. The first-order chi connectivity index (χ1) is 25.9. The minimum absolute atomic E-state index is 0.00613. The lowest BCUT2D eigenvalue weighted by Crippen LogP contribution is -2.57. The summed E-state index contributed by atoms with van der Waals surface area (Å²) in [5.74, 6) is -7.73. The molecule has 2 saturated heterocycles. The Morgan fingerprint density at radius 3 is 2.29 bits per heavy atom. The van der Waals surface area contributed by atoms with Crippen LogP contribution in [0.25, 0.3) is 0 Å². The molecule has 1 saturated carbocycles. The van der Waals surface area contributed by atoms with Gasteiger partial charge in [-0.25, -0.2) is 4.79 Å². The third-order valence-electron chi connectivity index (χ3n) is 12.6. The molecule has 0 radical (unpaired) electrons. The number of esters is 1. The van der Waals surface area contributed by atoms with E-state index in [1.54, 1.807) is 21.0 Å². The molecule has 4 rings (SSSR count). The number of piperidine rings is 1. The van der Waals surface area contributed by atoms with E-state index in [9.17, 15) is 39.6 Å². The zero-order chi connectivity index (χ0) is 40.8. The van der Waals surface area contributed by atoms with E-state index in [0.717, 1.165) is 10.5 Å². The van der Waals surface area contributed by atoms with Crippen molar-refractivity contribution in [2.24, 2.45) is 29.6 Å². The number of amides is 1. The van der Waals surface area contributed by atoms with Crippen LogP contribution in [0.15, 0.2) is 23.3 Å². The number of cyclic esters (lactones) is 1. The molecule has 1 aliphatic carbocycles. The first kappa shape index (κ1) is 45.2. The van der Waals surface area contributed by atoms with Gasteiger partial charge in [0.25, 0.3) is 11.7 Å².